The third-order valence-corrected chi connectivity index (χ3v) is 7.89. The number of sulfone groups is 1. The molecule has 0 spiro atoms. The topological polar surface area (TPSA) is 119 Å². The van der Waals surface area contributed by atoms with Gasteiger partial charge in [-0.1, -0.05) is 30.3 Å². The second-order valence-corrected chi connectivity index (χ2v) is 10.6. The van der Waals surface area contributed by atoms with Crippen molar-refractivity contribution in [2.45, 2.75) is 9.79 Å². The van der Waals surface area contributed by atoms with E-state index in [9.17, 15) is 8.42 Å². The largest absolute Gasteiger partial charge is 0.494 e. The first-order valence-electron chi connectivity index (χ1n) is 11.8. The molecule has 12 heteroatoms. The Hall–Kier alpha value is -3.93. The number of hydrogen-bond donors (Lipinski definition) is 2. The molecule has 38 heavy (non-hydrogen) atoms. The van der Waals surface area contributed by atoms with Crippen molar-refractivity contribution in [3.8, 4) is 5.75 Å². The normalized spacial score (nSPS) is 13.7. The minimum Gasteiger partial charge on any atom is -0.494 e. The van der Waals surface area contributed by atoms with E-state index in [0.717, 1.165) is 18.8 Å². The van der Waals surface area contributed by atoms with Gasteiger partial charge in [-0.2, -0.15) is 15.0 Å². The molecule has 4 aromatic rings. The molecule has 0 amide bonds. The Kier molecular flexibility index (Phi) is 7.59. The van der Waals surface area contributed by atoms with Crippen LogP contribution < -0.4 is 20.3 Å². The van der Waals surface area contributed by atoms with Gasteiger partial charge in [-0.05, 0) is 48.0 Å². The molecule has 0 aliphatic carbocycles. The first-order valence-corrected chi connectivity index (χ1v) is 13.7. The van der Waals surface area contributed by atoms with E-state index in [1.165, 1.54) is 6.07 Å². The maximum Gasteiger partial charge on any atom is 0.233 e. The Morgan fingerprint density at radius 1 is 0.868 bits per heavy atom. The lowest BCUT2D eigenvalue weighted by Crippen LogP contribution is -2.36. The summed E-state index contributed by atoms with van der Waals surface area (Å²) in [7, 11) is -2.21. The number of rotatable bonds is 8. The summed E-state index contributed by atoms with van der Waals surface area (Å²) in [5.41, 5.74) is 1.95. The first kappa shape index (κ1) is 25.7. The number of methoxy groups -OCH3 is 1. The summed E-state index contributed by atoms with van der Waals surface area (Å²) >= 11 is 6.20. The van der Waals surface area contributed by atoms with Crippen LogP contribution in [0.1, 0.15) is 0 Å². The lowest BCUT2D eigenvalue weighted by molar-refractivity contribution is 0.122. The second kappa shape index (κ2) is 11.2. The van der Waals surface area contributed by atoms with Crippen LogP contribution in [0.25, 0.3) is 0 Å². The van der Waals surface area contributed by atoms with Crippen molar-refractivity contribution in [2.24, 2.45) is 0 Å². The molecule has 0 saturated carbocycles. The minimum atomic E-state index is -3.79. The number of halogens is 1. The highest BCUT2D eigenvalue weighted by Gasteiger charge is 2.22. The molecule has 1 aliphatic rings. The highest BCUT2D eigenvalue weighted by molar-refractivity contribution is 7.91. The van der Waals surface area contributed by atoms with Crippen LogP contribution in [0.3, 0.4) is 0 Å². The molecule has 1 aromatic heterocycles. The molecular weight excluding hydrogens is 528 g/mol. The van der Waals surface area contributed by atoms with Crippen LogP contribution in [0, 0.1) is 0 Å². The van der Waals surface area contributed by atoms with Gasteiger partial charge in [-0.25, -0.2) is 8.42 Å². The Morgan fingerprint density at radius 3 is 2.24 bits per heavy atom. The van der Waals surface area contributed by atoms with Gasteiger partial charge in [0, 0.05) is 24.8 Å². The van der Waals surface area contributed by atoms with Gasteiger partial charge < -0.3 is 25.0 Å². The number of para-hydroxylation sites is 1. The molecule has 5 rings (SSSR count). The second-order valence-electron chi connectivity index (χ2n) is 8.30. The summed E-state index contributed by atoms with van der Waals surface area (Å²) in [6, 6.07) is 20.5. The fraction of sp³-hybridized carbons (Fsp3) is 0.192. The van der Waals surface area contributed by atoms with Crippen LogP contribution in [0.2, 0.25) is 5.28 Å². The number of hydrogen-bond acceptors (Lipinski definition) is 10. The van der Waals surface area contributed by atoms with Crippen LogP contribution in [0.4, 0.5) is 29.0 Å². The smallest absolute Gasteiger partial charge is 0.233 e. The van der Waals surface area contributed by atoms with Crippen molar-refractivity contribution in [1.82, 2.24) is 15.0 Å². The van der Waals surface area contributed by atoms with E-state index < -0.39 is 9.84 Å². The van der Waals surface area contributed by atoms with Crippen molar-refractivity contribution in [3.05, 3.63) is 78.1 Å². The summed E-state index contributed by atoms with van der Waals surface area (Å²) in [5.74, 6) is 0.833. The van der Waals surface area contributed by atoms with Crippen LogP contribution in [0.15, 0.2) is 82.6 Å². The molecule has 0 bridgehead atoms. The van der Waals surface area contributed by atoms with Crippen molar-refractivity contribution >= 4 is 50.4 Å². The Balaban J connectivity index is 1.41. The molecule has 10 nitrogen and oxygen atoms in total. The number of benzene rings is 3. The third-order valence-electron chi connectivity index (χ3n) is 5.89. The lowest BCUT2D eigenvalue weighted by Gasteiger charge is -2.29. The number of nitrogens with zero attached hydrogens (tertiary/aromatic N) is 4. The lowest BCUT2D eigenvalue weighted by atomic mass is 10.2. The van der Waals surface area contributed by atoms with E-state index in [1.807, 2.05) is 18.2 Å². The van der Waals surface area contributed by atoms with Gasteiger partial charge in [0.15, 0.2) is 0 Å². The molecule has 0 radical (unpaired) electrons. The fourth-order valence-electron chi connectivity index (χ4n) is 4.04. The molecule has 1 aliphatic heterocycles. The third kappa shape index (κ3) is 5.64. The van der Waals surface area contributed by atoms with Crippen LogP contribution in [-0.4, -0.2) is 56.8 Å². The Labute approximate surface area is 225 Å². The fourth-order valence-corrected chi connectivity index (χ4v) is 5.63. The van der Waals surface area contributed by atoms with Gasteiger partial charge >= 0.3 is 0 Å². The number of anilines is 5. The SMILES string of the molecule is COc1cc(N2CCOCC2)ccc1Nc1nc(Cl)nc(Nc2ccccc2S(=O)(=O)c2ccccc2)n1. The zero-order chi connectivity index (χ0) is 26.5. The van der Waals surface area contributed by atoms with E-state index in [-0.39, 0.29) is 27.0 Å². The molecule has 0 atom stereocenters. The Bertz CT molecular complexity index is 1530. The Morgan fingerprint density at radius 2 is 1.53 bits per heavy atom. The van der Waals surface area contributed by atoms with Gasteiger partial charge in [-0.15, -0.1) is 0 Å². The molecule has 196 valence electrons. The average Bonchev–Trinajstić information content (AvgIpc) is 2.94. The van der Waals surface area contributed by atoms with Gasteiger partial charge in [-0.3, -0.25) is 0 Å². The summed E-state index contributed by atoms with van der Waals surface area (Å²) in [5, 5.41) is 6.03. The van der Waals surface area contributed by atoms with Gasteiger partial charge in [0.1, 0.15) is 5.75 Å². The first-order chi connectivity index (χ1) is 18.4. The number of aromatic nitrogens is 3. The molecule has 0 unspecified atom stereocenters. The number of morpholine rings is 1. The molecule has 2 heterocycles. The van der Waals surface area contributed by atoms with Gasteiger partial charge in [0.05, 0.1) is 41.5 Å². The predicted octanol–water partition coefficient (Wildman–Crippen LogP) is 4.69. The maximum atomic E-state index is 13.3. The van der Waals surface area contributed by atoms with E-state index in [0.29, 0.717) is 30.3 Å². The highest BCUT2D eigenvalue weighted by Crippen LogP contribution is 2.33. The summed E-state index contributed by atoms with van der Waals surface area (Å²) in [4.78, 5) is 15.2. The van der Waals surface area contributed by atoms with Crippen molar-refractivity contribution in [2.75, 3.05) is 48.9 Å². The van der Waals surface area contributed by atoms with Crippen molar-refractivity contribution in [3.63, 3.8) is 0 Å². The van der Waals surface area contributed by atoms with Gasteiger partial charge in [0.25, 0.3) is 0 Å². The zero-order valence-electron chi connectivity index (χ0n) is 20.5. The zero-order valence-corrected chi connectivity index (χ0v) is 22.0. The molecule has 1 fully saturated rings. The molecule has 3 aromatic carbocycles. The van der Waals surface area contributed by atoms with E-state index in [1.54, 1.807) is 55.6 Å². The van der Waals surface area contributed by atoms with E-state index >= 15 is 0 Å². The summed E-state index contributed by atoms with van der Waals surface area (Å²) in [6.45, 7) is 2.96. The van der Waals surface area contributed by atoms with Crippen LogP contribution in [-0.2, 0) is 14.6 Å². The molecule has 2 N–H and O–H groups in total. The average molecular weight is 553 g/mol. The molecular formula is C26H25ClN6O4S. The summed E-state index contributed by atoms with van der Waals surface area (Å²) < 4.78 is 37.6. The van der Waals surface area contributed by atoms with E-state index in [2.05, 4.69) is 30.5 Å². The van der Waals surface area contributed by atoms with Crippen LogP contribution in [0.5, 0.6) is 5.75 Å². The van der Waals surface area contributed by atoms with Gasteiger partial charge in [0.2, 0.25) is 27.0 Å². The van der Waals surface area contributed by atoms with Crippen molar-refractivity contribution < 1.29 is 17.9 Å². The number of ether oxygens (including phenoxy) is 2. The van der Waals surface area contributed by atoms with Crippen LogP contribution >= 0.6 is 11.6 Å². The molecule has 1 saturated heterocycles. The monoisotopic (exact) mass is 552 g/mol. The number of nitrogens with one attached hydrogen (secondary N) is 2. The predicted molar refractivity (Wildman–Crippen MR) is 146 cm³/mol. The summed E-state index contributed by atoms with van der Waals surface area (Å²) in [6.07, 6.45) is 0. The minimum absolute atomic E-state index is 0.0719. The maximum absolute atomic E-state index is 13.3. The van der Waals surface area contributed by atoms with E-state index in [4.69, 9.17) is 21.1 Å². The quantitative estimate of drug-likeness (QED) is 0.318. The standard InChI is InChI=1S/C26H25ClN6O4S/c1-36-22-17-18(33-13-15-37-16-14-33)11-12-20(22)28-25-30-24(27)31-26(32-25)29-21-9-5-6-10-23(21)38(34,35)19-7-3-2-4-8-19/h2-12,17H,13-16H2,1H3,(H2,28,29,30,31,32). The highest BCUT2D eigenvalue weighted by atomic mass is 35.5. The van der Waals surface area contributed by atoms with Crippen molar-refractivity contribution in [1.29, 1.82) is 0 Å².